The molecule has 1 aromatic heterocycles. The van der Waals surface area contributed by atoms with Crippen molar-refractivity contribution in [2.45, 2.75) is 13.2 Å². The van der Waals surface area contributed by atoms with E-state index < -0.39 is 5.91 Å². The number of para-hydroxylation sites is 1. The number of hydrogen-bond donors (Lipinski definition) is 1. The van der Waals surface area contributed by atoms with E-state index in [1.165, 1.54) is 0 Å². The number of benzene rings is 4. The Kier molecular flexibility index (Phi) is 8.49. The number of nitrogens with one attached hydrogen (secondary N) is 1. The number of rotatable bonds is 10. The summed E-state index contributed by atoms with van der Waals surface area (Å²) in [6.45, 7) is 0.526. The highest BCUT2D eigenvalue weighted by Crippen LogP contribution is 2.37. The third kappa shape index (κ3) is 6.72. The fourth-order valence-electron chi connectivity index (χ4n) is 3.70. The van der Waals surface area contributed by atoms with E-state index in [1.807, 2.05) is 78.9 Å². The third-order valence-corrected chi connectivity index (χ3v) is 6.34. The van der Waals surface area contributed by atoms with Gasteiger partial charge in [-0.15, -0.1) is 0 Å². The lowest BCUT2D eigenvalue weighted by molar-refractivity contribution is 0.0907. The first-order chi connectivity index (χ1) is 19.5. The molecule has 0 aliphatic rings. The summed E-state index contributed by atoms with van der Waals surface area (Å²) < 4.78 is 22.0. The van der Waals surface area contributed by atoms with Crippen molar-refractivity contribution in [1.82, 2.24) is 15.5 Å². The Morgan fingerprint density at radius 2 is 1.48 bits per heavy atom. The van der Waals surface area contributed by atoms with Gasteiger partial charge in [0.05, 0.1) is 17.2 Å². The van der Waals surface area contributed by atoms with Crippen LogP contribution in [-0.4, -0.2) is 23.2 Å². The Morgan fingerprint density at radius 1 is 0.850 bits per heavy atom. The lowest BCUT2D eigenvalue weighted by atomic mass is 10.2. The fraction of sp³-hybridized carbons (Fsp3) is 0.100. The van der Waals surface area contributed by atoms with E-state index in [9.17, 15) is 4.79 Å². The first-order valence-electron chi connectivity index (χ1n) is 12.2. The predicted octanol–water partition coefficient (Wildman–Crippen LogP) is 7.35. The van der Waals surface area contributed by atoms with Gasteiger partial charge in [-0.2, -0.15) is 4.98 Å². The Hall–Kier alpha value is -4.53. The zero-order valence-corrected chi connectivity index (χ0v) is 22.8. The van der Waals surface area contributed by atoms with Crippen LogP contribution in [-0.2, 0) is 13.2 Å². The van der Waals surface area contributed by atoms with Gasteiger partial charge in [-0.1, -0.05) is 70.8 Å². The Balaban J connectivity index is 1.18. The second-order valence-electron chi connectivity index (χ2n) is 8.57. The Labute approximate surface area is 240 Å². The molecule has 0 aliphatic carbocycles. The zero-order chi connectivity index (χ0) is 27.9. The van der Waals surface area contributed by atoms with Crippen LogP contribution in [0.2, 0.25) is 10.0 Å². The van der Waals surface area contributed by atoms with Gasteiger partial charge in [-0.3, -0.25) is 4.79 Å². The van der Waals surface area contributed by atoms with Gasteiger partial charge in [0, 0.05) is 12.1 Å². The quantitative estimate of drug-likeness (QED) is 0.186. The van der Waals surface area contributed by atoms with Crippen molar-refractivity contribution >= 4 is 29.1 Å². The molecule has 0 bridgehead atoms. The maximum atomic E-state index is 12.6. The second kappa shape index (κ2) is 12.5. The van der Waals surface area contributed by atoms with Crippen LogP contribution >= 0.6 is 23.2 Å². The minimum Gasteiger partial charge on any atom is -0.497 e. The van der Waals surface area contributed by atoms with Crippen LogP contribution < -0.4 is 19.5 Å². The van der Waals surface area contributed by atoms with Crippen LogP contribution in [0.15, 0.2) is 95.5 Å². The molecule has 8 nitrogen and oxygen atoms in total. The van der Waals surface area contributed by atoms with E-state index in [1.54, 1.807) is 19.2 Å². The molecule has 0 aliphatic heterocycles. The van der Waals surface area contributed by atoms with E-state index in [0.29, 0.717) is 17.1 Å². The van der Waals surface area contributed by atoms with Crippen LogP contribution in [0.1, 0.15) is 21.8 Å². The molecule has 0 saturated heterocycles. The first kappa shape index (κ1) is 27.1. The number of aromatic nitrogens is 2. The molecule has 0 spiro atoms. The van der Waals surface area contributed by atoms with Crippen molar-refractivity contribution in [1.29, 1.82) is 0 Å². The summed E-state index contributed by atoms with van der Waals surface area (Å²) in [4.78, 5) is 16.8. The van der Waals surface area contributed by atoms with Gasteiger partial charge < -0.3 is 24.1 Å². The molecule has 5 aromatic rings. The van der Waals surface area contributed by atoms with Crippen LogP contribution in [0.25, 0.3) is 11.4 Å². The standard InChI is InChI=1S/C30H23Cl2N3O5/c1-37-22-11-9-20(10-12-22)18-38-27-25(31)15-21(16-26(27)32)28-34-30(40-35-28)29(36)33-17-19-7-13-24(14-8-19)39-23-5-3-2-4-6-23/h2-16H,17-18H2,1H3,(H,33,36). The fourth-order valence-corrected chi connectivity index (χ4v) is 4.29. The summed E-state index contributed by atoms with van der Waals surface area (Å²) >= 11 is 12.9. The van der Waals surface area contributed by atoms with Gasteiger partial charge in [0.2, 0.25) is 5.82 Å². The lowest BCUT2D eigenvalue weighted by Gasteiger charge is -2.11. The van der Waals surface area contributed by atoms with Crippen LogP contribution in [0.5, 0.6) is 23.0 Å². The molecule has 202 valence electrons. The van der Waals surface area contributed by atoms with E-state index in [-0.39, 0.29) is 34.9 Å². The highest BCUT2D eigenvalue weighted by atomic mass is 35.5. The van der Waals surface area contributed by atoms with Crippen LogP contribution in [0.4, 0.5) is 0 Å². The molecule has 0 fully saturated rings. The number of carbonyl (C=O) groups is 1. The largest absolute Gasteiger partial charge is 0.497 e. The van der Waals surface area contributed by atoms with E-state index in [0.717, 1.165) is 22.6 Å². The highest BCUT2D eigenvalue weighted by Gasteiger charge is 2.19. The van der Waals surface area contributed by atoms with Crippen molar-refractivity contribution in [3.8, 4) is 34.4 Å². The zero-order valence-electron chi connectivity index (χ0n) is 21.3. The van der Waals surface area contributed by atoms with Crippen LogP contribution in [0, 0.1) is 0 Å². The average Bonchev–Trinajstić information content (AvgIpc) is 3.48. The molecular weight excluding hydrogens is 553 g/mol. The number of hydrogen-bond acceptors (Lipinski definition) is 7. The molecule has 0 atom stereocenters. The van der Waals surface area contributed by atoms with Crippen molar-refractivity contribution in [3.05, 3.63) is 118 Å². The summed E-state index contributed by atoms with van der Waals surface area (Å²) in [5.74, 6) is 1.97. The molecule has 0 unspecified atom stereocenters. The van der Waals surface area contributed by atoms with Gasteiger partial charge in [0.25, 0.3) is 0 Å². The SMILES string of the molecule is COc1ccc(COc2c(Cl)cc(-c3noc(C(=O)NCc4ccc(Oc5ccccc5)cc4)n3)cc2Cl)cc1. The van der Waals surface area contributed by atoms with Gasteiger partial charge in [-0.25, -0.2) is 0 Å². The summed E-state index contributed by atoms with van der Waals surface area (Å²) in [6, 6.07) is 27.5. The number of ether oxygens (including phenoxy) is 3. The molecule has 4 aromatic carbocycles. The summed E-state index contributed by atoms with van der Waals surface area (Å²) in [7, 11) is 1.61. The molecule has 10 heteroatoms. The van der Waals surface area contributed by atoms with Crippen molar-refractivity contribution < 1.29 is 23.5 Å². The molecule has 1 N–H and O–H groups in total. The Bertz CT molecular complexity index is 1570. The van der Waals surface area contributed by atoms with Gasteiger partial charge >= 0.3 is 11.8 Å². The van der Waals surface area contributed by atoms with E-state index in [4.69, 9.17) is 41.9 Å². The summed E-state index contributed by atoms with van der Waals surface area (Å²) in [6.07, 6.45) is 0. The highest BCUT2D eigenvalue weighted by molar-refractivity contribution is 6.37. The average molecular weight is 576 g/mol. The van der Waals surface area contributed by atoms with Crippen molar-refractivity contribution in [2.24, 2.45) is 0 Å². The van der Waals surface area contributed by atoms with Gasteiger partial charge in [0.15, 0.2) is 5.75 Å². The maximum Gasteiger partial charge on any atom is 0.316 e. The molecule has 0 radical (unpaired) electrons. The molecule has 40 heavy (non-hydrogen) atoms. The number of nitrogens with zero attached hydrogens (tertiary/aromatic N) is 2. The molecule has 1 amide bonds. The van der Waals surface area contributed by atoms with Gasteiger partial charge in [-0.05, 0) is 59.7 Å². The summed E-state index contributed by atoms with van der Waals surface area (Å²) in [5.41, 5.74) is 2.27. The molecule has 1 heterocycles. The predicted molar refractivity (Wildman–Crippen MR) is 151 cm³/mol. The smallest absolute Gasteiger partial charge is 0.316 e. The van der Waals surface area contributed by atoms with E-state index in [2.05, 4.69) is 15.5 Å². The molecular formula is C30H23Cl2N3O5. The minimum atomic E-state index is -0.514. The number of halogens is 2. The normalized spacial score (nSPS) is 10.7. The first-order valence-corrected chi connectivity index (χ1v) is 12.9. The summed E-state index contributed by atoms with van der Waals surface area (Å²) in [5, 5.41) is 7.21. The maximum absolute atomic E-state index is 12.6. The van der Waals surface area contributed by atoms with Crippen LogP contribution in [0.3, 0.4) is 0 Å². The van der Waals surface area contributed by atoms with Crippen molar-refractivity contribution in [3.63, 3.8) is 0 Å². The third-order valence-electron chi connectivity index (χ3n) is 5.77. The minimum absolute atomic E-state index is 0.165. The molecule has 5 rings (SSSR count). The van der Waals surface area contributed by atoms with Gasteiger partial charge in [0.1, 0.15) is 23.9 Å². The topological polar surface area (TPSA) is 95.7 Å². The number of amides is 1. The van der Waals surface area contributed by atoms with Crippen molar-refractivity contribution in [2.75, 3.05) is 7.11 Å². The second-order valence-corrected chi connectivity index (χ2v) is 9.39. The van der Waals surface area contributed by atoms with E-state index >= 15 is 0 Å². The Morgan fingerprint density at radius 3 is 2.15 bits per heavy atom. The molecule has 0 saturated carbocycles. The number of methoxy groups -OCH3 is 1. The number of carbonyl (C=O) groups excluding carboxylic acids is 1. The lowest BCUT2D eigenvalue weighted by Crippen LogP contribution is -2.23. The monoisotopic (exact) mass is 575 g/mol.